The summed E-state index contributed by atoms with van der Waals surface area (Å²) in [7, 11) is 0. The highest BCUT2D eigenvalue weighted by Gasteiger charge is 2.28. The van der Waals surface area contributed by atoms with Crippen LogP contribution in [0.25, 0.3) is 0 Å². The van der Waals surface area contributed by atoms with Crippen molar-refractivity contribution in [1.29, 1.82) is 0 Å². The Labute approximate surface area is 145 Å². The average Bonchev–Trinajstić information content (AvgIpc) is 2.60. The molecule has 1 aromatic rings. The van der Waals surface area contributed by atoms with Gasteiger partial charge in [0.25, 0.3) is 0 Å². The summed E-state index contributed by atoms with van der Waals surface area (Å²) in [6.07, 6.45) is 5.49. The van der Waals surface area contributed by atoms with E-state index in [1.54, 1.807) is 0 Å². The first-order valence-corrected chi connectivity index (χ1v) is 9.31. The number of rotatable bonds is 4. The van der Waals surface area contributed by atoms with Crippen LogP contribution in [0.2, 0.25) is 0 Å². The molecule has 2 fully saturated rings. The topological polar surface area (TPSA) is 48.5 Å². The van der Waals surface area contributed by atoms with Gasteiger partial charge in [-0.1, -0.05) is 32.8 Å². The lowest BCUT2D eigenvalue weighted by Crippen LogP contribution is -2.52. The number of aromatic nitrogens is 1. The van der Waals surface area contributed by atoms with Crippen molar-refractivity contribution in [1.82, 2.24) is 15.2 Å². The molecule has 0 radical (unpaired) electrons. The monoisotopic (exact) mass is 330 g/mol. The van der Waals surface area contributed by atoms with E-state index in [0.29, 0.717) is 24.4 Å². The molecule has 132 valence electrons. The van der Waals surface area contributed by atoms with Crippen LogP contribution in [0.3, 0.4) is 0 Å². The fourth-order valence-corrected chi connectivity index (χ4v) is 3.92. The van der Waals surface area contributed by atoms with Gasteiger partial charge in [0.15, 0.2) is 0 Å². The van der Waals surface area contributed by atoms with Crippen LogP contribution in [0, 0.1) is 11.8 Å². The van der Waals surface area contributed by atoms with Gasteiger partial charge in [-0.2, -0.15) is 0 Å². The van der Waals surface area contributed by atoms with Gasteiger partial charge >= 0.3 is 0 Å². The summed E-state index contributed by atoms with van der Waals surface area (Å²) in [5, 5.41) is 3.28. The van der Waals surface area contributed by atoms with Crippen molar-refractivity contribution >= 4 is 11.7 Å². The molecule has 5 nitrogen and oxygen atoms in total. The summed E-state index contributed by atoms with van der Waals surface area (Å²) < 4.78 is 0. The standard InChI is InChI=1S/C19H30N4O/c1-15-6-5-7-17(16(15)2)21-19(24)14-22-10-12-23(13-11-22)18-8-3-4-9-20-18/h3-4,8-9,15-17H,5-7,10-14H2,1-2H3,(H,21,24)/t15-,16-,17+/m1/s1. The van der Waals surface area contributed by atoms with Crippen LogP contribution in [0.15, 0.2) is 24.4 Å². The third kappa shape index (κ3) is 4.26. The van der Waals surface area contributed by atoms with E-state index in [1.807, 2.05) is 24.4 Å². The Kier molecular flexibility index (Phi) is 5.72. The van der Waals surface area contributed by atoms with E-state index < -0.39 is 0 Å². The third-order valence-corrected chi connectivity index (χ3v) is 5.77. The molecule has 3 rings (SSSR count). The van der Waals surface area contributed by atoms with Crippen LogP contribution in [-0.2, 0) is 4.79 Å². The number of pyridine rings is 1. The molecular formula is C19H30N4O. The van der Waals surface area contributed by atoms with E-state index >= 15 is 0 Å². The maximum atomic E-state index is 12.4. The number of hydrogen-bond acceptors (Lipinski definition) is 4. The molecule has 1 saturated heterocycles. The normalized spacial score (nSPS) is 28.6. The van der Waals surface area contributed by atoms with Crippen LogP contribution < -0.4 is 10.2 Å². The van der Waals surface area contributed by atoms with Crippen molar-refractivity contribution in [3.63, 3.8) is 0 Å². The van der Waals surface area contributed by atoms with Crippen molar-refractivity contribution in [2.75, 3.05) is 37.6 Å². The molecule has 0 bridgehead atoms. The lowest BCUT2D eigenvalue weighted by atomic mass is 9.78. The van der Waals surface area contributed by atoms with Crippen LogP contribution in [-0.4, -0.2) is 54.6 Å². The minimum atomic E-state index is 0.187. The number of hydrogen-bond donors (Lipinski definition) is 1. The highest BCUT2D eigenvalue weighted by molar-refractivity contribution is 5.78. The summed E-state index contributed by atoms with van der Waals surface area (Å²) in [5.74, 6) is 2.52. The van der Waals surface area contributed by atoms with E-state index in [2.05, 4.69) is 33.9 Å². The zero-order valence-electron chi connectivity index (χ0n) is 14.9. The third-order valence-electron chi connectivity index (χ3n) is 5.77. The highest BCUT2D eigenvalue weighted by Crippen LogP contribution is 2.29. The van der Waals surface area contributed by atoms with Gasteiger partial charge in [-0.3, -0.25) is 9.69 Å². The maximum absolute atomic E-state index is 12.4. The minimum Gasteiger partial charge on any atom is -0.354 e. The Balaban J connectivity index is 1.43. The van der Waals surface area contributed by atoms with E-state index in [9.17, 15) is 4.79 Å². The molecule has 1 aromatic heterocycles. The lowest BCUT2D eigenvalue weighted by Gasteiger charge is -2.37. The average molecular weight is 330 g/mol. The zero-order chi connectivity index (χ0) is 16.9. The van der Waals surface area contributed by atoms with E-state index in [-0.39, 0.29) is 5.91 Å². The van der Waals surface area contributed by atoms with Crippen LogP contribution in [0.4, 0.5) is 5.82 Å². The first kappa shape index (κ1) is 17.2. The molecule has 2 heterocycles. The Bertz CT molecular complexity index is 527. The van der Waals surface area contributed by atoms with Gasteiger partial charge in [-0.15, -0.1) is 0 Å². The number of piperazine rings is 1. The van der Waals surface area contributed by atoms with Gasteiger partial charge in [-0.05, 0) is 30.4 Å². The van der Waals surface area contributed by atoms with E-state index in [4.69, 9.17) is 0 Å². The molecule has 1 N–H and O–H groups in total. The Morgan fingerprint density at radius 3 is 2.71 bits per heavy atom. The summed E-state index contributed by atoms with van der Waals surface area (Å²) in [5.41, 5.74) is 0. The Morgan fingerprint density at radius 1 is 1.21 bits per heavy atom. The summed E-state index contributed by atoms with van der Waals surface area (Å²) in [6, 6.07) is 6.37. The summed E-state index contributed by atoms with van der Waals surface area (Å²) in [4.78, 5) is 21.4. The fraction of sp³-hybridized carbons (Fsp3) is 0.684. The molecule has 0 aromatic carbocycles. The molecule has 2 aliphatic rings. The van der Waals surface area contributed by atoms with E-state index in [0.717, 1.165) is 38.4 Å². The predicted octanol–water partition coefficient (Wildman–Crippen LogP) is 2.14. The van der Waals surface area contributed by atoms with Crippen molar-refractivity contribution in [3.8, 4) is 0 Å². The highest BCUT2D eigenvalue weighted by atomic mass is 16.2. The number of carbonyl (C=O) groups excluding carboxylic acids is 1. The minimum absolute atomic E-state index is 0.187. The first-order valence-electron chi connectivity index (χ1n) is 9.31. The lowest BCUT2D eigenvalue weighted by molar-refractivity contribution is -0.123. The molecule has 3 atom stereocenters. The van der Waals surface area contributed by atoms with Crippen molar-refractivity contribution in [2.24, 2.45) is 11.8 Å². The number of nitrogens with one attached hydrogen (secondary N) is 1. The SMILES string of the molecule is C[C@@H]1[C@H](C)CCC[C@@H]1NC(=O)CN1CCN(c2ccccn2)CC1. The summed E-state index contributed by atoms with van der Waals surface area (Å²) >= 11 is 0. The second kappa shape index (κ2) is 7.97. The first-order chi connectivity index (χ1) is 11.6. The van der Waals surface area contributed by atoms with Crippen LogP contribution in [0.1, 0.15) is 33.1 Å². The second-order valence-electron chi connectivity index (χ2n) is 7.39. The molecule has 1 aliphatic heterocycles. The summed E-state index contributed by atoms with van der Waals surface area (Å²) in [6.45, 7) is 8.80. The number of anilines is 1. The predicted molar refractivity (Wildman–Crippen MR) is 97.0 cm³/mol. The van der Waals surface area contributed by atoms with Gasteiger partial charge < -0.3 is 10.2 Å². The molecule has 1 aliphatic carbocycles. The van der Waals surface area contributed by atoms with E-state index in [1.165, 1.54) is 12.8 Å². The molecule has 0 spiro atoms. The quantitative estimate of drug-likeness (QED) is 0.919. The molecule has 24 heavy (non-hydrogen) atoms. The van der Waals surface area contributed by atoms with Gasteiger partial charge in [0.2, 0.25) is 5.91 Å². The van der Waals surface area contributed by atoms with Crippen LogP contribution in [0.5, 0.6) is 0 Å². The molecule has 0 unspecified atom stereocenters. The molecule has 1 saturated carbocycles. The van der Waals surface area contributed by atoms with Crippen LogP contribution >= 0.6 is 0 Å². The second-order valence-corrected chi connectivity index (χ2v) is 7.39. The molecular weight excluding hydrogens is 300 g/mol. The fourth-order valence-electron chi connectivity index (χ4n) is 3.92. The smallest absolute Gasteiger partial charge is 0.234 e. The van der Waals surface area contributed by atoms with Crippen molar-refractivity contribution in [2.45, 2.75) is 39.2 Å². The van der Waals surface area contributed by atoms with Gasteiger partial charge in [0, 0.05) is 38.4 Å². The zero-order valence-corrected chi connectivity index (χ0v) is 14.9. The Hall–Kier alpha value is -1.62. The van der Waals surface area contributed by atoms with Gasteiger partial charge in [-0.25, -0.2) is 4.98 Å². The Morgan fingerprint density at radius 2 is 2.00 bits per heavy atom. The maximum Gasteiger partial charge on any atom is 0.234 e. The van der Waals surface area contributed by atoms with Crippen molar-refractivity contribution in [3.05, 3.63) is 24.4 Å². The largest absolute Gasteiger partial charge is 0.354 e. The van der Waals surface area contributed by atoms with Gasteiger partial charge in [0.05, 0.1) is 6.54 Å². The molecule has 1 amide bonds. The van der Waals surface area contributed by atoms with Gasteiger partial charge in [0.1, 0.15) is 5.82 Å². The number of nitrogens with zero attached hydrogens (tertiary/aromatic N) is 3. The number of carbonyl (C=O) groups is 1. The number of amides is 1. The molecule has 5 heteroatoms. The van der Waals surface area contributed by atoms with Crippen molar-refractivity contribution < 1.29 is 4.79 Å².